The van der Waals surface area contributed by atoms with Crippen LogP contribution < -0.4 is 16.4 Å². The molecule has 4 N–H and O–H groups in total. The molecule has 0 spiro atoms. The molecule has 82 valence electrons. The molecule has 1 fully saturated rings. The zero-order valence-electron chi connectivity index (χ0n) is 8.97. The van der Waals surface area contributed by atoms with E-state index in [1.165, 1.54) is 33.0 Å². The van der Waals surface area contributed by atoms with E-state index in [0.29, 0.717) is 0 Å². The predicted molar refractivity (Wildman–Crippen MR) is 61.5 cm³/mol. The van der Waals surface area contributed by atoms with Gasteiger partial charge in [0.25, 0.3) is 0 Å². The first-order chi connectivity index (χ1) is 5.88. The predicted octanol–water partition coefficient (Wildman–Crippen LogP) is 0.591. The van der Waals surface area contributed by atoms with Gasteiger partial charge < -0.3 is 16.4 Å². The van der Waals surface area contributed by atoms with Crippen molar-refractivity contribution in [3.63, 3.8) is 0 Å². The van der Waals surface area contributed by atoms with Gasteiger partial charge in [-0.1, -0.05) is 13.3 Å². The average molecular weight is 210 g/mol. The van der Waals surface area contributed by atoms with Crippen molar-refractivity contribution in [3.8, 4) is 0 Å². The Morgan fingerprint density at radius 3 is 2.46 bits per heavy atom. The van der Waals surface area contributed by atoms with Gasteiger partial charge in [0, 0.05) is 6.04 Å². The molecule has 4 heteroatoms. The van der Waals surface area contributed by atoms with Gasteiger partial charge in [-0.3, -0.25) is 0 Å². The molecule has 0 bridgehead atoms. The molecule has 1 heterocycles. The van der Waals surface area contributed by atoms with Crippen LogP contribution >= 0.6 is 12.4 Å². The molecule has 0 aliphatic carbocycles. The van der Waals surface area contributed by atoms with Crippen molar-refractivity contribution in [2.75, 3.05) is 27.2 Å². The van der Waals surface area contributed by atoms with E-state index in [9.17, 15) is 0 Å². The van der Waals surface area contributed by atoms with Crippen LogP contribution in [0.3, 0.4) is 0 Å². The Kier molecular flexibility index (Phi) is 12.3. The molecule has 1 aliphatic heterocycles. The lowest BCUT2D eigenvalue weighted by molar-refractivity contribution is 0.284. The fourth-order valence-electron chi connectivity index (χ4n) is 1.73. The smallest absolute Gasteiger partial charge is 0.0116 e. The summed E-state index contributed by atoms with van der Waals surface area (Å²) in [4.78, 5) is 0. The van der Waals surface area contributed by atoms with Crippen LogP contribution in [0, 0.1) is 5.92 Å². The van der Waals surface area contributed by atoms with E-state index in [-0.39, 0.29) is 12.4 Å². The van der Waals surface area contributed by atoms with Crippen LogP contribution in [0.2, 0.25) is 0 Å². The quantitative estimate of drug-likeness (QED) is 0.624. The minimum atomic E-state index is 0. The standard InChI is InChI=1S/C8H18N2.CH5N.ClH/c1-3-7-6-10-5-4-8(7)9-2;1-2;/h7-10H,3-6H2,1-2H3;2H2,1H3;1H. The van der Waals surface area contributed by atoms with E-state index in [4.69, 9.17) is 0 Å². The summed E-state index contributed by atoms with van der Waals surface area (Å²) in [6.07, 6.45) is 2.58. The third-order valence-corrected chi connectivity index (χ3v) is 2.50. The lowest BCUT2D eigenvalue weighted by Crippen LogP contribution is -2.45. The van der Waals surface area contributed by atoms with E-state index in [1.54, 1.807) is 0 Å². The van der Waals surface area contributed by atoms with E-state index in [0.717, 1.165) is 12.0 Å². The number of nitrogens with two attached hydrogens (primary N) is 1. The number of rotatable bonds is 2. The lowest BCUT2D eigenvalue weighted by Gasteiger charge is -2.31. The van der Waals surface area contributed by atoms with Gasteiger partial charge in [0.05, 0.1) is 0 Å². The van der Waals surface area contributed by atoms with Crippen molar-refractivity contribution in [1.82, 2.24) is 10.6 Å². The van der Waals surface area contributed by atoms with Crippen molar-refractivity contribution >= 4 is 12.4 Å². The van der Waals surface area contributed by atoms with Gasteiger partial charge in [0.15, 0.2) is 0 Å². The molecule has 1 aliphatic rings. The topological polar surface area (TPSA) is 50.1 Å². The molecule has 1 rings (SSSR count). The van der Waals surface area contributed by atoms with Crippen LogP contribution in [0.25, 0.3) is 0 Å². The zero-order valence-corrected chi connectivity index (χ0v) is 9.79. The first-order valence-corrected chi connectivity index (χ1v) is 4.84. The molecule has 2 atom stereocenters. The number of halogens is 1. The highest BCUT2D eigenvalue weighted by molar-refractivity contribution is 5.85. The van der Waals surface area contributed by atoms with Crippen LogP contribution in [-0.4, -0.2) is 33.2 Å². The summed E-state index contributed by atoms with van der Waals surface area (Å²) < 4.78 is 0. The Bertz CT molecular complexity index is 88.9. The van der Waals surface area contributed by atoms with Crippen molar-refractivity contribution in [1.29, 1.82) is 0 Å². The van der Waals surface area contributed by atoms with Crippen LogP contribution in [0.1, 0.15) is 19.8 Å². The molecule has 2 unspecified atom stereocenters. The molecule has 0 amide bonds. The van der Waals surface area contributed by atoms with Gasteiger partial charge in [0.1, 0.15) is 0 Å². The van der Waals surface area contributed by atoms with E-state index in [2.05, 4.69) is 30.3 Å². The van der Waals surface area contributed by atoms with Gasteiger partial charge in [-0.2, -0.15) is 0 Å². The highest BCUT2D eigenvalue weighted by Gasteiger charge is 2.20. The van der Waals surface area contributed by atoms with E-state index < -0.39 is 0 Å². The van der Waals surface area contributed by atoms with Crippen molar-refractivity contribution < 1.29 is 0 Å². The zero-order chi connectivity index (χ0) is 9.40. The van der Waals surface area contributed by atoms with Crippen LogP contribution in [0.4, 0.5) is 0 Å². The van der Waals surface area contributed by atoms with Gasteiger partial charge >= 0.3 is 0 Å². The summed E-state index contributed by atoms with van der Waals surface area (Å²) in [5, 5.41) is 6.77. The molecule has 0 aromatic carbocycles. The highest BCUT2D eigenvalue weighted by Crippen LogP contribution is 2.13. The molecular weight excluding hydrogens is 186 g/mol. The first kappa shape index (κ1) is 15.6. The second-order valence-electron chi connectivity index (χ2n) is 3.06. The van der Waals surface area contributed by atoms with Crippen LogP contribution in [-0.2, 0) is 0 Å². The minimum absolute atomic E-state index is 0. The second kappa shape index (κ2) is 10.3. The molecular formula is C9H24ClN3. The highest BCUT2D eigenvalue weighted by atomic mass is 35.5. The second-order valence-corrected chi connectivity index (χ2v) is 3.06. The molecule has 0 radical (unpaired) electrons. The Morgan fingerprint density at radius 2 is 2.08 bits per heavy atom. The lowest BCUT2D eigenvalue weighted by atomic mass is 9.91. The molecule has 3 nitrogen and oxygen atoms in total. The minimum Gasteiger partial charge on any atom is -0.333 e. The fraction of sp³-hybridized carbons (Fsp3) is 1.00. The molecule has 1 saturated heterocycles. The van der Waals surface area contributed by atoms with Crippen molar-refractivity contribution in [2.45, 2.75) is 25.8 Å². The summed E-state index contributed by atoms with van der Waals surface area (Å²) >= 11 is 0. The molecule has 0 aromatic rings. The summed E-state index contributed by atoms with van der Waals surface area (Å²) in [5.74, 6) is 0.846. The Labute approximate surface area is 88.3 Å². The Morgan fingerprint density at radius 1 is 1.46 bits per heavy atom. The summed E-state index contributed by atoms with van der Waals surface area (Å²) in [6.45, 7) is 4.64. The largest absolute Gasteiger partial charge is 0.333 e. The Balaban J connectivity index is 0. The molecule has 0 aromatic heterocycles. The summed E-state index contributed by atoms with van der Waals surface area (Å²) in [6, 6.07) is 0.756. The maximum atomic E-state index is 4.50. The van der Waals surface area contributed by atoms with Gasteiger partial charge in [-0.25, -0.2) is 0 Å². The SMILES string of the molecule is CCC1CNCCC1NC.CN.Cl. The molecule has 0 saturated carbocycles. The maximum absolute atomic E-state index is 4.50. The third-order valence-electron chi connectivity index (χ3n) is 2.50. The number of hydrogen-bond donors (Lipinski definition) is 3. The normalized spacial score (nSPS) is 26.8. The third kappa shape index (κ3) is 5.47. The molecule has 13 heavy (non-hydrogen) atoms. The maximum Gasteiger partial charge on any atom is 0.0116 e. The number of hydrogen-bond acceptors (Lipinski definition) is 3. The Hall–Kier alpha value is 0.170. The monoisotopic (exact) mass is 209 g/mol. The van der Waals surface area contributed by atoms with Gasteiger partial charge in [-0.05, 0) is 39.5 Å². The van der Waals surface area contributed by atoms with Crippen molar-refractivity contribution in [2.24, 2.45) is 11.7 Å². The van der Waals surface area contributed by atoms with Crippen molar-refractivity contribution in [3.05, 3.63) is 0 Å². The van der Waals surface area contributed by atoms with E-state index in [1.807, 2.05) is 0 Å². The number of piperidine rings is 1. The first-order valence-electron chi connectivity index (χ1n) is 4.84. The van der Waals surface area contributed by atoms with E-state index >= 15 is 0 Å². The van der Waals surface area contributed by atoms with Gasteiger partial charge in [-0.15, -0.1) is 12.4 Å². The number of nitrogens with one attached hydrogen (secondary N) is 2. The van der Waals surface area contributed by atoms with Crippen LogP contribution in [0.5, 0.6) is 0 Å². The fourth-order valence-corrected chi connectivity index (χ4v) is 1.73. The summed E-state index contributed by atoms with van der Waals surface area (Å²) in [5.41, 5.74) is 4.50. The summed E-state index contributed by atoms with van der Waals surface area (Å²) in [7, 11) is 3.57. The van der Waals surface area contributed by atoms with Gasteiger partial charge in [0.2, 0.25) is 0 Å². The average Bonchev–Trinajstić information content (AvgIpc) is 2.20. The van der Waals surface area contributed by atoms with Crippen LogP contribution in [0.15, 0.2) is 0 Å².